The summed E-state index contributed by atoms with van der Waals surface area (Å²) in [6, 6.07) is 7.03. The molecular weight excluding hydrogens is 229 g/mol. The second kappa shape index (κ2) is 7.49. The molecule has 3 heteroatoms. The topological polar surface area (TPSA) is 32.3 Å². The largest absolute Gasteiger partial charge is 0.393 e. The molecule has 0 saturated heterocycles. The van der Waals surface area contributed by atoms with Crippen LogP contribution >= 0.6 is 0 Å². The second-order valence-corrected chi connectivity index (χ2v) is 5.27. The average molecular weight is 253 g/mol. The van der Waals surface area contributed by atoms with E-state index in [4.69, 9.17) is 0 Å². The molecule has 1 rings (SSSR count). The van der Waals surface area contributed by atoms with Gasteiger partial charge >= 0.3 is 0 Å². The number of aliphatic hydroxyl groups excluding tert-OH is 1. The quantitative estimate of drug-likeness (QED) is 0.783. The highest BCUT2D eigenvalue weighted by molar-refractivity contribution is 5.17. The highest BCUT2D eigenvalue weighted by Gasteiger charge is 2.13. The molecule has 0 aliphatic carbocycles. The van der Waals surface area contributed by atoms with Crippen LogP contribution in [0.4, 0.5) is 4.39 Å². The van der Waals surface area contributed by atoms with Gasteiger partial charge in [0, 0.05) is 6.04 Å². The van der Waals surface area contributed by atoms with Gasteiger partial charge in [-0.3, -0.25) is 0 Å². The summed E-state index contributed by atoms with van der Waals surface area (Å²) in [6.45, 7) is 6.95. The highest BCUT2D eigenvalue weighted by atomic mass is 19.1. The van der Waals surface area contributed by atoms with E-state index < -0.39 is 0 Å². The lowest BCUT2D eigenvalue weighted by atomic mass is 9.96. The van der Waals surface area contributed by atoms with Gasteiger partial charge in [-0.25, -0.2) is 4.39 Å². The summed E-state index contributed by atoms with van der Waals surface area (Å²) in [4.78, 5) is 0. The van der Waals surface area contributed by atoms with Crippen LogP contribution in [-0.2, 0) is 6.42 Å². The van der Waals surface area contributed by atoms with Gasteiger partial charge in [0.05, 0.1) is 6.10 Å². The van der Waals surface area contributed by atoms with Crippen LogP contribution in [0.2, 0.25) is 0 Å². The summed E-state index contributed by atoms with van der Waals surface area (Å²) < 4.78 is 12.8. The van der Waals surface area contributed by atoms with Crippen molar-refractivity contribution in [2.45, 2.75) is 45.8 Å². The van der Waals surface area contributed by atoms with Crippen molar-refractivity contribution in [2.75, 3.05) is 6.54 Å². The molecule has 0 aliphatic heterocycles. The zero-order chi connectivity index (χ0) is 13.5. The minimum absolute atomic E-state index is 0.193. The van der Waals surface area contributed by atoms with Gasteiger partial charge in [0.1, 0.15) is 5.82 Å². The van der Waals surface area contributed by atoms with Crippen LogP contribution in [0.15, 0.2) is 24.3 Å². The number of hydrogen-bond acceptors (Lipinski definition) is 2. The third-order valence-corrected chi connectivity index (χ3v) is 3.14. The fourth-order valence-corrected chi connectivity index (χ4v) is 1.90. The van der Waals surface area contributed by atoms with Crippen molar-refractivity contribution < 1.29 is 9.50 Å². The first kappa shape index (κ1) is 15.1. The lowest BCUT2D eigenvalue weighted by molar-refractivity contribution is 0.180. The monoisotopic (exact) mass is 253 g/mol. The summed E-state index contributed by atoms with van der Waals surface area (Å²) in [5.74, 6) is 0.311. The maximum Gasteiger partial charge on any atom is 0.123 e. The molecule has 102 valence electrons. The van der Waals surface area contributed by atoms with Gasteiger partial charge in [-0.15, -0.1) is 0 Å². The fourth-order valence-electron chi connectivity index (χ4n) is 1.90. The van der Waals surface area contributed by atoms with Gasteiger partial charge in [-0.05, 0) is 49.9 Å². The Labute approximate surface area is 109 Å². The number of rotatable bonds is 7. The van der Waals surface area contributed by atoms with Gasteiger partial charge in [-0.1, -0.05) is 26.0 Å². The molecule has 0 amide bonds. The van der Waals surface area contributed by atoms with Crippen molar-refractivity contribution in [3.8, 4) is 0 Å². The van der Waals surface area contributed by atoms with Crippen molar-refractivity contribution >= 4 is 0 Å². The standard InChI is InChI=1S/C15H24FNO/c1-11(2)15(17-9-8-12(3)18)10-13-4-6-14(16)7-5-13/h4-7,11-12,15,17-18H,8-10H2,1-3H3. The smallest absolute Gasteiger partial charge is 0.123 e. The Kier molecular flexibility index (Phi) is 6.30. The van der Waals surface area contributed by atoms with E-state index in [0.717, 1.165) is 24.9 Å². The van der Waals surface area contributed by atoms with E-state index in [0.29, 0.717) is 12.0 Å². The van der Waals surface area contributed by atoms with Gasteiger partial charge in [0.25, 0.3) is 0 Å². The third kappa shape index (κ3) is 5.61. The Bertz CT molecular complexity index is 335. The van der Waals surface area contributed by atoms with E-state index in [-0.39, 0.29) is 11.9 Å². The molecule has 2 unspecified atom stereocenters. The number of aliphatic hydroxyl groups is 1. The molecular formula is C15H24FNO. The SMILES string of the molecule is CC(O)CCNC(Cc1ccc(F)cc1)C(C)C. The van der Waals surface area contributed by atoms with Crippen LogP contribution < -0.4 is 5.32 Å². The second-order valence-electron chi connectivity index (χ2n) is 5.27. The summed E-state index contributed by atoms with van der Waals surface area (Å²) in [7, 11) is 0. The summed E-state index contributed by atoms with van der Waals surface area (Å²) in [6.07, 6.45) is 1.38. The van der Waals surface area contributed by atoms with Crippen molar-refractivity contribution in [3.05, 3.63) is 35.6 Å². The molecule has 1 aromatic rings. The predicted octanol–water partition coefficient (Wildman–Crippen LogP) is 2.75. The minimum Gasteiger partial charge on any atom is -0.393 e. The number of halogens is 1. The van der Waals surface area contributed by atoms with Crippen LogP contribution in [0.25, 0.3) is 0 Å². The zero-order valence-electron chi connectivity index (χ0n) is 11.5. The third-order valence-electron chi connectivity index (χ3n) is 3.14. The maximum atomic E-state index is 12.8. The lowest BCUT2D eigenvalue weighted by Crippen LogP contribution is -2.37. The van der Waals surface area contributed by atoms with Crippen molar-refractivity contribution in [3.63, 3.8) is 0 Å². The van der Waals surface area contributed by atoms with E-state index in [1.807, 2.05) is 12.1 Å². The van der Waals surface area contributed by atoms with E-state index in [1.54, 1.807) is 6.92 Å². The van der Waals surface area contributed by atoms with E-state index >= 15 is 0 Å². The Hall–Kier alpha value is -0.930. The molecule has 0 saturated carbocycles. The molecule has 2 N–H and O–H groups in total. The molecule has 0 aliphatic rings. The van der Waals surface area contributed by atoms with E-state index in [9.17, 15) is 9.50 Å². The Morgan fingerprint density at radius 1 is 1.17 bits per heavy atom. The van der Waals surface area contributed by atoms with Crippen LogP contribution in [-0.4, -0.2) is 23.8 Å². The van der Waals surface area contributed by atoms with Crippen LogP contribution in [0.3, 0.4) is 0 Å². The van der Waals surface area contributed by atoms with Crippen molar-refractivity contribution in [2.24, 2.45) is 5.92 Å². The van der Waals surface area contributed by atoms with Gasteiger partial charge in [0.2, 0.25) is 0 Å². The van der Waals surface area contributed by atoms with E-state index in [2.05, 4.69) is 19.2 Å². The van der Waals surface area contributed by atoms with Crippen LogP contribution in [0.1, 0.15) is 32.8 Å². The zero-order valence-corrected chi connectivity index (χ0v) is 11.5. The molecule has 0 bridgehead atoms. The Morgan fingerprint density at radius 3 is 2.28 bits per heavy atom. The molecule has 18 heavy (non-hydrogen) atoms. The Morgan fingerprint density at radius 2 is 1.78 bits per heavy atom. The predicted molar refractivity (Wildman–Crippen MR) is 73.0 cm³/mol. The highest BCUT2D eigenvalue weighted by Crippen LogP contribution is 2.11. The molecule has 0 radical (unpaired) electrons. The van der Waals surface area contributed by atoms with Crippen molar-refractivity contribution in [1.82, 2.24) is 5.32 Å². The first-order valence-corrected chi connectivity index (χ1v) is 6.65. The number of nitrogens with one attached hydrogen (secondary N) is 1. The molecule has 2 atom stereocenters. The summed E-state index contributed by atoms with van der Waals surface area (Å²) in [5, 5.41) is 12.7. The summed E-state index contributed by atoms with van der Waals surface area (Å²) in [5.41, 5.74) is 1.14. The lowest BCUT2D eigenvalue weighted by Gasteiger charge is -2.23. The minimum atomic E-state index is -0.267. The maximum absolute atomic E-state index is 12.8. The van der Waals surface area contributed by atoms with Gasteiger partial charge < -0.3 is 10.4 Å². The molecule has 0 aromatic heterocycles. The first-order valence-electron chi connectivity index (χ1n) is 6.65. The Balaban J connectivity index is 2.49. The molecule has 0 spiro atoms. The van der Waals surface area contributed by atoms with Crippen molar-refractivity contribution in [1.29, 1.82) is 0 Å². The summed E-state index contributed by atoms with van der Waals surface area (Å²) >= 11 is 0. The molecule has 2 nitrogen and oxygen atoms in total. The van der Waals surface area contributed by atoms with Gasteiger partial charge in [0.15, 0.2) is 0 Å². The van der Waals surface area contributed by atoms with Gasteiger partial charge in [-0.2, -0.15) is 0 Å². The number of hydrogen-bond donors (Lipinski definition) is 2. The number of benzene rings is 1. The first-order chi connectivity index (χ1) is 8.49. The van der Waals surface area contributed by atoms with Crippen LogP contribution in [0.5, 0.6) is 0 Å². The molecule has 0 fully saturated rings. The molecule has 1 aromatic carbocycles. The molecule has 0 heterocycles. The fraction of sp³-hybridized carbons (Fsp3) is 0.600. The van der Waals surface area contributed by atoms with E-state index in [1.165, 1.54) is 12.1 Å². The normalized spacial score (nSPS) is 14.8. The van der Waals surface area contributed by atoms with Crippen LogP contribution in [0, 0.1) is 11.7 Å². The average Bonchev–Trinajstić information content (AvgIpc) is 2.30.